The number of aryl methyl sites for hydroxylation is 1. The van der Waals surface area contributed by atoms with Gasteiger partial charge in [-0.25, -0.2) is 0 Å². The zero-order chi connectivity index (χ0) is 12.1. The number of hydrogen-bond acceptors (Lipinski definition) is 2. The molecule has 0 radical (unpaired) electrons. The van der Waals surface area contributed by atoms with Crippen molar-refractivity contribution in [1.82, 2.24) is 4.57 Å². The van der Waals surface area contributed by atoms with E-state index in [0.717, 1.165) is 25.8 Å². The summed E-state index contributed by atoms with van der Waals surface area (Å²) in [5.41, 5.74) is 8.08. The fraction of sp³-hybridized carbons (Fsp3) is 0.429. The van der Waals surface area contributed by atoms with E-state index in [1.807, 2.05) is 0 Å². The molecule has 3 nitrogen and oxygen atoms in total. The number of nitrogens with two attached hydrogens (primary N) is 1. The average Bonchev–Trinajstić information content (AvgIpc) is 2.77. The van der Waals surface area contributed by atoms with Gasteiger partial charge in [-0.3, -0.25) is 0 Å². The maximum atomic E-state index is 8.73. The van der Waals surface area contributed by atoms with Crippen LogP contribution in [0.4, 0.5) is 0 Å². The van der Waals surface area contributed by atoms with E-state index in [4.69, 9.17) is 10.8 Å². The molecule has 0 fully saturated rings. The fourth-order valence-corrected chi connectivity index (χ4v) is 2.14. The van der Waals surface area contributed by atoms with Crippen LogP contribution in [0.1, 0.15) is 24.8 Å². The Hall–Kier alpha value is -1.32. The number of unbranched alkanes of at least 4 members (excludes halogenated alkanes) is 2. The summed E-state index contributed by atoms with van der Waals surface area (Å²) >= 11 is 0. The molecule has 0 aliphatic heterocycles. The predicted octanol–water partition coefficient (Wildman–Crippen LogP) is 2.26. The van der Waals surface area contributed by atoms with Crippen molar-refractivity contribution >= 4 is 10.9 Å². The Morgan fingerprint density at radius 1 is 1.12 bits per heavy atom. The van der Waals surface area contributed by atoms with Crippen molar-refractivity contribution in [2.45, 2.75) is 32.4 Å². The van der Waals surface area contributed by atoms with E-state index in [9.17, 15) is 0 Å². The Morgan fingerprint density at radius 3 is 2.76 bits per heavy atom. The van der Waals surface area contributed by atoms with Crippen LogP contribution in [0.25, 0.3) is 10.9 Å². The van der Waals surface area contributed by atoms with Crippen LogP contribution in [0, 0.1) is 0 Å². The van der Waals surface area contributed by atoms with Crippen LogP contribution in [0.2, 0.25) is 0 Å². The molecule has 0 aliphatic rings. The maximum Gasteiger partial charge on any atom is 0.0480 e. The van der Waals surface area contributed by atoms with Gasteiger partial charge in [-0.2, -0.15) is 0 Å². The number of benzene rings is 1. The Kier molecular flexibility index (Phi) is 4.18. The Balaban J connectivity index is 2.08. The van der Waals surface area contributed by atoms with Crippen LogP contribution in [-0.2, 0) is 13.1 Å². The number of fused-ring (bicyclic) bond motifs is 1. The van der Waals surface area contributed by atoms with Crippen molar-refractivity contribution in [1.29, 1.82) is 0 Å². The van der Waals surface area contributed by atoms with E-state index >= 15 is 0 Å². The molecule has 17 heavy (non-hydrogen) atoms. The SMILES string of the molecule is NCc1ccc2c(ccn2CCCCCO)c1. The van der Waals surface area contributed by atoms with Crippen molar-refractivity contribution in [3.63, 3.8) is 0 Å². The molecule has 1 heterocycles. The number of hydrogen-bond donors (Lipinski definition) is 2. The Morgan fingerprint density at radius 2 is 2.00 bits per heavy atom. The summed E-state index contributed by atoms with van der Waals surface area (Å²) in [7, 11) is 0. The molecule has 0 bridgehead atoms. The number of nitrogens with zero attached hydrogens (tertiary/aromatic N) is 1. The quantitative estimate of drug-likeness (QED) is 0.751. The molecule has 0 atom stereocenters. The van der Waals surface area contributed by atoms with Gasteiger partial charge in [0, 0.05) is 31.4 Å². The van der Waals surface area contributed by atoms with Crippen LogP contribution >= 0.6 is 0 Å². The van der Waals surface area contributed by atoms with Crippen molar-refractivity contribution in [3.05, 3.63) is 36.0 Å². The zero-order valence-electron chi connectivity index (χ0n) is 10.1. The van der Waals surface area contributed by atoms with Crippen molar-refractivity contribution < 1.29 is 5.11 Å². The van der Waals surface area contributed by atoms with E-state index in [0.29, 0.717) is 13.2 Å². The third-order valence-electron chi connectivity index (χ3n) is 3.13. The number of aliphatic hydroxyl groups excluding tert-OH is 1. The molecule has 0 saturated heterocycles. The van der Waals surface area contributed by atoms with Crippen LogP contribution in [-0.4, -0.2) is 16.3 Å². The number of rotatable bonds is 6. The van der Waals surface area contributed by atoms with Crippen LogP contribution in [0.3, 0.4) is 0 Å². The molecule has 2 rings (SSSR count). The first-order chi connectivity index (χ1) is 8.35. The summed E-state index contributed by atoms with van der Waals surface area (Å²) in [6.45, 7) is 1.91. The summed E-state index contributed by atoms with van der Waals surface area (Å²) in [6, 6.07) is 8.52. The fourth-order valence-electron chi connectivity index (χ4n) is 2.14. The van der Waals surface area contributed by atoms with Gasteiger partial charge in [0.1, 0.15) is 0 Å². The van der Waals surface area contributed by atoms with E-state index in [2.05, 4.69) is 35.0 Å². The summed E-state index contributed by atoms with van der Waals surface area (Å²) in [5, 5.41) is 9.99. The first-order valence-electron chi connectivity index (χ1n) is 6.24. The van der Waals surface area contributed by atoms with Crippen molar-refractivity contribution in [3.8, 4) is 0 Å². The Labute approximate surface area is 102 Å². The summed E-state index contributed by atoms with van der Waals surface area (Å²) < 4.78 is 2.27. The Bertz CT molecular complexity index is 476. The van der Waals surface area contributed by atoms with Gasteiger partial charge >= 0.3 is 0 Å². The van der Waals surface area contributed by atoms with Gasteiger partial charge in [0.25, 0.3) is 0 Å². The van der Waals surface area contributed by atoms with Gasteiger partial charge in [0.2, 0.25) is 0 Å². The lowest BCUT2D eigenvalue weighted by atomic mass is 10.1. The average molecular weight is 232 g/mol. The molecule has 0 unspecified atom stereocenters. The smallest absolute Gasteiger partial charge is 0.0480 e. The summed E-state index contributed by atoms with van der Waals surface area (Å²) in [6.07, 6.45) is 5.22. The monoisotopic (exact) mass is 232 g/mol. The largest absolute Gasteiger partial charge is 0.396 e. The molecule has 92 valence electrons. The predicted molar refractivity (Wildman–Crippen MR) is 70.8 cm³/mol. The normalized spacial score (nSPS) is 11.2. The van der Waals surface area contributed by atoms with Crippen LogP contribution in [0.15, 0.2) is 30.5 Å². The first kappa shape index (κ1) is 12.1. The van der Waals surface area contributed by atoms with Crippen molar-refractivity contribution in [2.24, 2.45) is 5.73 Å². The van der Waals surface area contributed by atoms with Crippen molar-refractivity contribution in [2.75, 3.05) is 6.61 Å². The highest BCUT2D eigenvalue weighted by molar-refractivity contribution is 5.80. The number of aliphatic hydroxyl groups is 1. The standard InChI is InChI=1S/C14H20N2O/c15-11-12-4-5-14-13(10-12)6-8-16(14)7-2-1-3-9-17/h4-6,8,10,17H,1-3,7,9,11,15H2. The highest BCUT2D eigenvalue weighted by Crippen LogP contribution is 2.18. The minimum Gasteiger partial charge on any atom is -0.396 e. The highest BCUT2D eigenvalue weighted by Gasteiger charge is 2.01. The van der Waals surface area contributed by atoms with E-state index < -0.39 is 0 Å². The molecule has 0 spiro atoms. The maximum absolute atomic E-state index is 8.73. The van der Waals surface area contributed by atoms with Gasteiger partial charge in [-0.05, 0) is 48.4 Å². The van der Waals surface area contributed by atoms with Gasteiger partial charge in [0.15, 0.2) is 0 Å². The van der Waals surface area contributed by atoms with E-state index in [-0.39, 0.29) is 0 Å². The molecule has 1 aromatic heterocycles. The lowest BCUT2D eigenvalue weighted by Gasteiger charge is -2.05. The lowest BCUT2D eigenvalue weighted by molar-refractivity contribution is 0.282. The van der Waals surface area contributed by atoms with Crippen LogP contribution in [0.5, 0.6) is 0 Å². The molecule has 2 aromatic rings. The van der Waals surface area contributed by atoms with Gasteiger partial charge in [-0.1, -0.05) is 6.07 Å². The molecule has 3 N–H and O–H groups in total. The van der Waals surface area contributed by atoms with E-state index in [1.165, 1.54) is 16.5 Å². The molecule has 0 amide bonds. The molecular weight excluding hydrogens is 212 g/mol. The lowest BCUT2D eigenvalue weighted by Crippen LogP contribution is -1.98. The topological polar surface area (TPSA) is 51.2 Å². The summed E-state index contributed by atoms with van der Waals surface area (Å²) in [5.74, 6) is 0. The van der Waals surface area contributed by atoms with Gasteiger partial charge in [-0.15, -0.1) is 0 Å². The first-order valence-corrected chi connectivity index (χ1v) is 6.24. The third-order valence-corrected chi connectivity index (χ3v) is 3.13. The molecule has 3 heteroatoms. The summed E-state index contributed by atoms with van der Waals surface area (Å²) in [4.78, 5) is 0. The zero-order valence-corrected chi connectivity index (χ0v) is 10.1. The van der Waals surface area contributed by atoms with Gasteiger partial charge < -0.3 is 15.4 Å². The second-order valence-corrected chi connectivity index (χ2v) is 4.39. The molecular formula is C14H20N2O. The molecule has 0 aliphatic carbocycles. The molecule has 1 aromatic carbocycles. The molecule has 0 saturated carbocycles. The minimum absolute atomic E-state index is 0.298. The second kappa shape index (κ2) is 5.84. The van der Waals surface area contributed by atoms with E-state index in [1.54, 1.807) is 0 Å². The minimum atomic E-state index is 0.298. The highest BCUT2D eigenvalue weighted by atomic mass is 16.2. The third kappa shape index (κ3) is 2.87. The van der Waals surface area contributed by atoms with Gasteiger partial charge in [0.05, 0.1) is 0 Å². The van der Waals surface area contributed by atoms with Crippen LogP contribution < -0.4 is 5.73 Å². The number of aromatic nitrogens is 1. The second-order valence-electron chi connectivity index (χ2n) is 4.39.